The largest absolute Gasteiger partial charge is 0.480 e. The zero-order valence-electron chi connectivity index (χ0n) is 12.1. The van der Waals surface area contributed by atoms with Crippen molar-refractivity contribution in [2.75, 3.05) is 0 Å². The lowest BCUT2D eigenvalue weighted by atomic mass is 10.1. The van der Waals surface area contributed by atoms with Crippen LogP contribution in [0.3, 0.4) is 0 Å². The van der Waals surface area contributed by atoms with E-state index < -0.39 is 29.2 Å². The van der Waals surface area contributed by atoms with Gasteiger partial charge in [-0.15, -0.1) is 11.3 Å². The summed E-state index contributed by atoms with van der Waals surface area (Å²) in [5, 5.41) is 13.1. The van der Waals surface area contributed by atoms with Crippen molar-refractivity contribution in [1.29, 1.82) is 0 Å². The summed E-state index contributed by atoms with van der Waals surface area (Å²) >= 11 is 1.02. The van der Waals surface area contributed by atoms with Crippen molar-refractivity contribution in [3.63, 3.8) is 0 Å². The fourth-order valence-corrected chi connectivity index (χ4v) is 2.93. The number of hydrogen-bond acceptors (Lipinski definition) is 4. The van der Waals surface area contributed by atoms with Gasteiger partial charge in [0.05, 0.1) is 5.56 Å². The number of rotatable bonds is 4. The number of alkyl halides is 3. The highest BCUT2D eigenvalue weighted by atomic mass is 32.1. The quantitative estimate of drug-likeness (QED) is 0.882. The molecule has 1 amide bonds. The van der Waals surface area contributed by atoms with Crippen LogP contribution in [-0.2, 0) is 11.0 Å². The molecule has 0 bridgehead atoms. The molecule has 1 aliphatic rings. The zero-order chi connectivity index (χ0) is 17.5. The van der Waals surface area contributed by atoms with Crippen molar-refractivity contribution in [2.45, 2.75) is 24.6 Å². The zero-order valence-corrected chi connectivity index (χ0v) is 12.9. The van der Waals surface area contributed by atoms with Crippen LogP contribution in [0.4, 0.5) is 13.2 Å². The van der Waals surface area contributed by atoms with Gasteiger partial charge in [-0.25, -0.2) is 9.78 Å². The van der Waals surface area contributed by atoms with E-state index in [1.54, 1.807) is 0 Å². The SMILES string of the molecule is O=C(NC1(C(=O)O)CC1)c1csc(-c2cccc(C(F)(F)F)c2)n1. The van der Waals surface area contributed by atoms with E-state index in [1.165, 1.54) is 17.5 Å². The van der Waals surface area contributed by atoms with Crippen molar-refractivity contribution < 1.29 is 27.9 Å². The minimum atomic E-state index is -4.46. The number of halogens is 3. The number of thiazole rings is 1. The van der Waals surface area contributed by atoms with Gasteiger partial charge in [-0.3, -0.25) is 4.79 Å². The molecular weight excluding hydrogens is 345 g/mol. The summed E-state index contributed by atoms with van der Waals surface area (Å²) in [4.78, 5) is 27.2. The summed E-state index contributed by atoms with van der Waals surface area (Å²) in [6.45, 7) is 0. The molecule has 1 aromatic heterocycles. The van der Waals surface area contributed by atoms with Crippen molar-refractivity contribution in [2.24, 2.45) is 0 Å². The summed E-state index contributed by atoms with van der Waals surface area (Å²) < 4.78 is 38.2. The van der Waals surface area contributed by atoms with Crippen LogP contribution < -0.4 is 5.32 Å². The van der Waals surface area contributed by atoms with E-state index in [4.69, 9.17) is 5.11 Å². The van der Waals surface area contributed by atoms with Gasteiger partial charge in [-0.1, -0.05) is 12.1 Å². The number of hydrogen-bond donors (Lipinski definition) is 2. The Bertz CT molecular complexity index is 812. The molecule has 0 atom stereocenters. The molecule has 5 nitrogen and oxygen atoms in total. The van der Waals surface area contributed by atoms with Crippen molar-refractivity contribution in [3.8, 4) is 10.6 Å². The molecule has 126 valence electrons. The van der Waals surface area contributed by atoms with Gasteiger partial charge in [-0.2, -0.15) is 13.2 Å². The number of carbonyl (C=O) groups excluding carboxylic acids is 1. The van der Waals surface area contributed by atoms with Gasteiger partial charge in [0.1, 0.15) is 16.2 Å². The molecule has 2 N–H and O–H groups in total. The van der Waals surface area contributed by atoms with E-state index >= 15 is 0 Å². The Kier molecular flexibility index (Phi) is 3.83. The van der Waals surface area contributed by atoms with Crippen molar-refractivity contribution >= 4 is 23.2 Å². The minimum absolute atomic E-state index is 0.0139. The molecular formula is C15H11F3N2O3S. The molecule has 1 aromatic carbocycles. The van der Waals surface area contributed by atoms with Crippen LogP contribution >= 0.6 is 11.3 Å². The molecule has 24 heavy (non-hydrogen) atoms. The number of carboxylic acids is 1. The second-order valence-electron chi connectivity index (χ2n) is 5.46. The average molecular weight is 356 g/mol. The lowest BCUT2D eigenvalue weighted by molar-refractivity contribution is -0.140. The van der Waals surface area contributed by atoms with E-state index in [0.29, 0.717) is 12.8 Å². The Balaban J connectivity index is 1.81. The van der Waals surface area contributed by atoms with Gasteiger partial charge in [0.15, 0.2) is 0 Å². The first-order chi connectivity index (χ1) is 11.2. The highest BCUT2D eigenvalue weighted by molar-refractivity contribution is 7.13. The number of benzene rings is 1. The predicted molar refractivity (Wildman–Crippen MR) is 79.6 cm³/mol. The Morgan fingerprint density at radius 3 is 2.58 bits per heavy atom. The topological polar surface area (TPSA) is 79.3 Å². The molecule has 1 saturated carbocycles. The van der Waals surface area contributed by atoms with Gasteiger partial charge < -0.3 is 10.4 Å². The fraction of sp³-hybridized carbons (Fsp3) is 0.267. The minimum Gasteiger partial charge on any atom is -0.480 e. The number of carbonyl (C=O) groups is 2. The Morgan fingerprint density at radius 1 is 1.29 bits per heavy atom. The molecule has 3 rings (SSSR count). The van der Waals surface area contributed by atoms with E-state index in [0.717, 1.165) is 23.5 Å². The molecule has 1 heterocycles. The van der Waals surface area contributed by atoms with Crippen LogP contribution in [0.2, 0.25) is 0 Å². The number of aromatic nitrogens is 1. The summed E-state index contributed by atoms with van der Waals surface area (Å²) in [5.41, 5.74) is -1.81. The molecule has 0 saturated heterocycles. The first-order valence-corrected chi connectivity index (χ1v) is 7.78. The highest BCUT2D eigenvalue weighted by Gasteiger charge is 2.51. The van der Waals surface area contributed by atoms with Crippen LogP contribution in [0.5, 0.6) is 0 Å². The Morgan fingerprint density at radius 2 is 2.00 bits per heavy atom. The lowest BCUT2D eigenvalue weighted by Gasteiger charge is -2.10. The number of nitrogens with one attached hydrogen (secondary N) is 1. The lowest BCUT2D eigenvalue weighted by Crippen LogP contribution is -2.43. The summed E-state index contributed by atoms with van der Waals surface area (Å²) in [7, 11) is 0. The first-order valence-electron chi connectivity index (χ1n) is 6.90. The second kappa shape index (κ2) is 5.59. The normalized spacial score (nSPS) is 15.8. The predicted octanol–water partition coefficient (Wildman–Crippen LogP) is 3.18. The Labute approximate surface area is 138 Å². The molecule has 9 heteroatoms. The number of carboxylic acid groups (broad SMARTS) is 1. The fourth-order valence-electron chi connectivity index (χ4n) is 2.14. The van der Waals surface area contributed by atoms with Crippen LogP contribution in [-0.4, -0.2) is 27.5 Å². The monoisotopic (exact) mass is 356 g/mol. The number of aliphatic carboxylic acids is 1. The third kappa shape index (κ3) is 3.12. The van der Waals surface area contributed by atoms with Gasteiger partial charge in [-0.05, 0) is 25.0 Å². The van der Waals surface area contributed by atoms with Crippen molar-refractivity contribution in [1.82, 2.24) is 10.3 Å². The Hall–Kier alpha value is -2.42. The maximum atomic E-state index is 12.7. The summed E-state index contributed by atoms with van der Waals surface area (Å²) in [6, 6.07) is 4.65. The maximum absolute atomic E-state index is 12.7. The van der Waals surface area contributed by atoms with Gasteiger partial charge in [0, 0.05) is 10.9 Å². The molecule has 0 radical (unpaired) electrons. The van der Waals surface area contributed by atoms with E-state index in [9.17, 15) is 22.8 Å². The molecule has 0 unspecified atom stereocenters. The van der Waals surface area contributed by atoms with Crippen LogP contribution in [0.15, 0.2) is 29.6 Å². The van der Waals surface area contributed by atoms with Crippen LogP contribution in [0.25, 0.3) is 10.6 Å². The molecule has 2 aromatic rings. The highest BCUT2D eigenvalue weighted by Crippen LogP contribution is 2.36. The molecule has 1 fully saturated rings. The average Bonchev–Trinajstić information content (AvgIpc) is 3.13. The third-order valence-corrected chi connectivity index (χ3v) is 4.58. The second-order valence-corrected chi connectivity index (χ2v) is 6.32. The van der Waals surface area contributed by atoms with Gasteiger partial charge in [0.2, 0.25) is 0 Å². The van der Waals surface area contributed by atoms with E-state index in [-0.39, 0.29) is 16.3 Å². The maximum Gasteiger partial charge on any atom is 0.416 e. The molecule has 0 aliphatic heterocycles. The standard InChI is InChI=1S/C15H11F3N2O3S/c16-15(17,18)9-3-1-2-8(6-9)12-19-10(7-24-12)11(21)20-14(4-5-14)13(22)23/h1-3,6-7H,4-5H2,(H,20,21)(H,22,23). The first kappa shape index (κ1) is 16.4. The molecule has 1 aliphatic carbocycles. The summed E-state index contributed by atoms with van der Waals surface area (Å²) in [6.07, 6.45) is -3.77. The van der Waals surface area contributed by atoms with Gasteiger partial charge in [0.25, 0.3) is 5.91 Å². The van der Waals surface area contributed by atoms with Crippen molar-refractivity contribution in [3.05, 3.63) is 40.9 Å². The van der Waals surface area contributed by atoms with Crippen LogP contribution in [0, 0.1) is 0 Å². The smallest absolute Gasteiger partial charge is 0.416 e. The van der Waals surface area contributed by atoms with E-state index in [2.05, 4.69) is 10.3 Å². The van der Waals surface area contributed by atoms with Gasteiger partial charge >= 0.3 is 12.1 Å². The third-order valence-electron chi connectivity index (χ3n) is 3.69. The van der Waals surface area contributed by atoms with Crippen LogP contribution in [0.1, 0.15) is 28.9 Å². The summed E-state index contributed by atoms with van der Waals surface area (Å²) in [5.74, 6) is -1.76. The number of nitrogens with zero attached hydrogens (tertiary/aromatic N) is 1. The van der Waals surface area contributed by atoms with E-state index in [1.807, 2.05) is 0 Å². The molecule has 0 spiro atoms. The number of amides is 1.